The number of β-amino-alcohol motifs (C(OH)–C–C–N with tert-alkyl or cyclic N) is 1. The fourth-order valence-corrected chi connectivity index (χ4v) is 10.1. The molecule has 9 rings (SSSR count). The number of halogens is 7. The molecule has 0 aliphatic carbocycles. The zero-order valence-electron chi connectivity index (χ0n) is 31.9. The van der Waals surface area contributed by atoms with Gasteiger partial charge in [0.25, 0.3) is 0 Å². The molecule has 7 heterocycles. The van der Waals surface area contributed by atoms with Crippen LogP contribution in [0.1, 0.15) is 45.2 Å². The first-order valence-electron chi connectivity index (χ1n) is 18.9. The Hall–Kier alpha value is -4.80. The van der Waals surface area contributed by atoms with Gasteiger partial charge in [-0.15, -0.1) is 4.09 Å². The SMILES string of the molecule is CCc1c(F)ccc2cc3c(cnn3S(=O)(=O)C(F)(F)F)c(-c3nn(C(F)F)c4c5c(N6CCOC[C@@](C)(O)C6)nc(OC[C@@]67CCCN6C[C@H](F)C7)nc5n(C)c34)c12. The average molecular weight is 854 g/mol. The number of hydrogen-bond donors (Lipinski definition) is 1. The van der Waals surface area contributed by atoms with Crippen LogP contribution >= 0.6 is 0 Å². The molecule has 0 spiro atoms. The molecule has 3 aliphatic rings. The number of rotatable bonds is 8. The van der Waals surface area contributed by atoms with Gasteiger partial charge in [-0.2, -0.15) is 50.5 Å². The van der Waals surface area contributed by atoms with Crippen LogP contribution < -0.4 is 9.64 Å². The number of hydrogen-bond acceptors (Lipinski definition) is 11. The van der Waals surface area contributed by atoms with Crippen molar-refractivity contribution in [2.24, 2.45) is 7.05 Å². The molecule has 14 nitrogen and oxygen atoms in total. The molecule has 1 N–H and O–H groups in total. The fraction of sp³-hybridized carbons (Fsp3) is 0.514. The molecule has 22 heteroatoms. The van der Waals surface area contributed by atoms with E-state index in [1.807, 2.05) is 4.90 Å². The Bertz CT molecular complexity index is 2790. The number of aromatic nitrogens is 7. The van der Waals surface area contributed by atoms with Crippen molar-refractivity contribution in [1.82, 2.24) is 38.4 Å². The van der Waals surface area contributed by atoms with E-state index in [0.717, 1.165) is 24.8 Å². The van der Waals surface area contributed by atoms with Crippen LogP contribution in [0.3, 0.4) is 0 Å². The largest absolute Gasteiger partial charge is 0.518 e. The second-order valence-electron chi connectivity index (χ2n) is 15.8. The summed E-state index contributed by atoms with van der Waals surface area (Å²) in [5.74, 6) is -0.637. The molecular formula is C37H38F7N9O5S. The van der Waals surface area contributed by atoms with E-state index < -0.39 is 50.7 Å². The Morgan fingerprint density at radius 2 is 1.92 bits per heavy atom. The Balaban J connectivity index is 1.35. The summed E-state index contributed by atoms with van der Waals surface area (Å²) in [6, 6.07) is 3.27. The minimum atomic E-state index is -6.10. The molecule has 0 saturated carbocycles. The lowest BCUT2D eigenvalue weighted by atomic mass is 9.92. The summed E-state index contributed by atoms with van der Waals surface area (Å²) < 4.78 is 142. The maximum Gasteiger partial charge on any atom is 0.518 e. The van der Waals surface area contributed by atoms with Crippen molar-refractivity contribution in [2.45, 2.75) is 68.9 Å². The molecule has 2 aromatic carbocycles. The van der Waals surface area contributed by atoms with E-state index in [1.165, 1.54) is 17.7 Å². The van der Waals surface area contributed by atoms with Crippen molar-refractivity contribution in [3.63, 3.8) is 0 Å². The second-order valence-corrected chi connectivity index (χ2v) is 17.5. The number of alkyl halides is 6. The molecular weight excluding hydrogens is 816 g/mol. The maximum atomic E-state index is 15.6. The van der Waals surface area contributed by atoms with Gasteiger partial charge in [0.05, 0.1) is 47.9 Å². The smallest absolute Gasteiger partial charge is 0.461 e. The lowest BCUT2D eigenvalue weighted by Gasteiger charge is -2.31. The number of anilines is 1. The van der Waals surface area contributed by atoms with Crippen LogP contribution in [0, 0.1) is 5.82 Å². The van der Waals surface area contributed by atoms with Crippen LogP contribution in [-0.2, 0) is 28.2 Å². The normalized spacial score (nSPS) is 23.5. The van der Waals surface area contributed by atoms with E-state index in [1.54, 1.807) is 18.7 Å². The Labute approximate surface area is 331 Å². The van der Waals surface area contributed by atoms with E-state index in [4.69, 9.17) is 19.4 Å². The molecule has 0 unspecified atom stereocenters. The highest BCUT2D eigenvalue weighted by Crippen LogP contribution is 2.47. The molecule has 3 fully saturated rings. The zero-order valence-corrected chi connectivity index (χ0v) is 32.7. The molecule has 4 aromatic heterocycles. The molecule has 3 saturated heterocycles. The van der Waals surface area contributed by atoms with Gasteiger partial charge in [-0.1, -0.05) is 13.0 Å². The summed E-state index contributed by atoms with van der Waals surface area (Å²) in [7, 11) is -4.60. The Morgan fingerprint density at radius 1 is 1.14 bits per heavy atom. The summed E-state index contributed by atoms with van der Waals surface area (Å²) in [6.07, 6.45) is 1.61. The van der Waals surface area contributed by atoms with Crippen molar-refractivity contribution in [1.29, 1.82) is 0 Å². The predicted molar refractivity (Wildman–Crippen MR) is 201 cm³/mol. The highest BCUT2D eigenvalue weighted by atomic mass is 32.2. The molecule has 0 bridgehead atoms. The van der Waals surface area contributed by atoms with Crippen LogP contribution in [-0.4, -0.2) is 121 Å². The number of aryl methyl sites for hydroxylation is 2. The third-order valence-corrected chi connectivity index (χ3v) is 13.1. The minimum absolute atomic E-state index is 0.0311. The van der Waals surface area contributed by atoms with Gasteiger partial charge in [0.1, 0.15) is 41.2 Å². The monoisotopic (exact) mass is 853 g/mol. The molecule has 59 heavy (non-hydrogen) atoms. The Kier molecular flexibility index (Phi) is 9.15. The lowest BCUT2D eigenvalue weighted by molar-refractivity contribution is -0.0448. The molecule has 3 atom stereocenters. The van der Waals surface area contributed by atoms with E-state index in [2.05, 4.69) is 10.2 Å². The summed E-state index contributed by atoms with van der Waals surface area (Å²) in [6.45, 7) is 0.975. The third-order valence-electron chi connectivity index (χ3n) is 11.8. The first kappa shape index (κ1) is 39.6. The number of fused-ring (bicyclic) bond motifs is 6. The van der Waals surface area contributed by atoms with Gasteiger partial charge in [-0.05, 0) is 61.2 Å². The van der Waals surface area contributed by atoms with Crippen LogP contribution in [0.15, 0.2) is 24.4 Å². The van der Waals surface area contributed by atoms with Gasteiger partial charge in [0.2, 0.25) is 0 Å². The number of aliphatic hydroxyl groups is 1. The van der Waals surface area contributed by atoms with Crippen LogP contribution in [0.5, 0.6) is 6.01 Å². The third kappa shape index (κ3) is 6.10. The summed E-state index contributed by atoms with van der Waals surface area (Å²) in [4.78, 5) is 13.1. The topological polar surface area (TPSA) is 146 Å². The maximum absolute atomic E-state index is 15.6. The first-order chi connectivity index (χ1) is 27.9. The van der Waals surface area contributed by atoms with Crippen LogP contribution in [0.2, 0.25) is 0 Å². The molecule has 316 valence electrons. The summed E-state index contributed by atoms with van der Waals surface area (Å²) in [5.41, 5.74) is -8.88. The van der Waals surface area contributed by atoms with Gasteiger partial charge in [-0.25, -0.2) is 13.5 Å². The molecule has 3 aliphatic heterocycles. The lowest BCUT2D eigenvalue weighted by Crippen LogP contribution is -2.44. The number of ether oxygens (including phenoxy) is 2. The molecule has 0 radical (unpaired) electrons. The standard InChI is InChI=1S/C37H38F7N9O5S/c1-4-21-23(39)7-6-19-12-24-22(14-45-53(24)59(55,56)37(42,43)44)26(25(19)21)28-30-29(52(48-28)33(40)41)27-31(49(30)3)46-34(47-32(27)50-10-11-57-17-35(2,54)16-50)58-18-36-8-5-9-51(36)15-20(38)13-36/h6-7,12,14,20,33,54H,4-5,8-11,13,15-18H2,1-3H3/t20-,35+,36+/m1/s1. The molecule has 0 amide bonds. The fourth-order valence-electron chi connectivity index (χ4n) is 9.28. The Morgan fingerprint density at radius 3 is 2.64 bits per heavy atom. The van der Waals surface area contributed by atoms with Gasteiger partial charge < -0.3 is 24.0 Å². The van der Waals surface area contributed by atoms with Gasteiger partial charge in [0, 0.05) is 37.5 Å². The first-order valence-corrected chi connectivity index (χ1v) is 20.4. The highest BCUT2D eigenvalue weighted by molar-refractivity contribution is 7.90. The van der Waals surface area contributed by atoms with Crippen LogP contribution in [0.4, 0.5) is 36.6 Å². The number of benzene rings is 2. The second kappa shape index (κ2) is 13.6. The highest BCUT2D eigenvalue weighted by Gasteiger charge is 2.50. The quantitative estimate of drug-likeness (QED) is 0.185. The minimum Gasteiger partial charge on any atom is -0.461 e. The summed E-state index contributed by atoms with van der Waals surface area (Å²) >= 11 is 0. The van der Waals surface area contributed by atoms with Crippen molar-refractivity contribution in [3.05, 3.63) is 35.8 Å². The summed E-state index contributed by atoms with van der Waals surface area (Å²) in [5, 5.41) is 19.2. The number of nitrogens with zero attached hydrogens (tertiary/aromatic N) is 9. The van der Waals surface area contributed by atoms with Crippen molar-refractivity contribution < 1.29 is 53.7 Å². The molecule has 6 aromatic rings. The van der Waals surface area contributed by atoms with E-state index in [9.17, 15) is 31.1 Å². The zero-order chi connectivity index (χ0) is 42.0. The average Bonchev–Trinajstić information content (AvgIpc) is 3.95. The van der Waals surface area contributed by atoms with E-state index >= 15 is 13.2 Å². The van der Waals surface area contributed by atoms with Crippen molar-refractivity contribution >= 4 is 59.6 Å². The van der Waals surface area contributed by atoms with Gasteiger partial charge >= 0.3 is 28.1 Å². The van der Waals surface area contributed by atoms with Gasteiger partial charge in [-0.3, -0.25) is 4.90 Å². The van der Waals surface area contributed by atoms with E-state index in [0.29, 0.717) is 17.6 Å². The predicted octanol–water partition coefficient (Wildman–Crippen LogP) is 5.83. The van der Waals surface area contributed by atoms with E-state index in [-0.39, 0.29) is 123 Å². The van der Waals surface area contributed by atoms with Crippen molar-refractivity contribution in [2.75, 3.05) is 50.9 Å². The van der Waals surface area contributed by atoms with Gasteiger partial charge in [0.15, 0.2) is 5.65 Å². The van der Waals surface area contributed by atoms with Crippen molar-refractivity contribution in [3.8, 4) is 17.3 Å². The van der Waals surface area contributed by atoms with Crippen LogP contribution in [0.25, 0.3) is 55.0 Å².